The fourth-order valence-corrected chi connectivity index (χ4v) is 0.808. The Hall–Kier alpha value is -1.22. The van der Waals surface area contributed by atoms with Gasteiger partial charge in [-0.15, -0.1) is 0 Å². The summed E-state index contributed by atoms with van der Waals surface area (Å²) in [6, 6.07) is 5.13. The largest absolute Gasteiger partial charge is 0.321 e. The minimum Gasteiger partial charge on any atom is -0.321 e. The molecule has 0 amide bonds. The average Bonchev–Trinajstić information content (AvgIpc) is 2.06. The van der Waals surface area contributed by atoms with Gasteiger partial charge in [-0.05, 0) is 12.1 Å². The Morgan fingerprint density at radius 2 is 2.45 bits per heavy atom. The van der Waals surface area contributed by atoms with E-state index >= 15 is 0 Å². The van der Waals surface area contributed by atoms with E-state index in [1.807, 2.05) is 18.2 Å². The molecule has 1 aromatic heterocycles. The van der Waals surface area contributed by atoms with Crippen LogP contribution in [0.5, 0.6) is 0 Å². The number of nitrogens with two attached hydrogens (primary N) is 1. The minimum absolute atomic E-state index is 0.426. The van der Waals surface area contributed by atoms with E-state index in [1.165, 1.54) is 0 Å². The maximum atomic E-state index is 10.2. The highest BCUT2D eigenvalue weighted by molar-refractivity contribution is 5.57. The quantitative estimate of drug-likeness (QED) is 0.624. The van der Waals surface area contributed by atoms with Crippen LogP contribution >= 0.6 is 0 Å². The Kier molecular flexibility index (Phi) is 2.74. The van der Waals surface area contributed by atoms with Crippen molar-refractivity contribution in [2.24, 2.45) is 5.73 Å². The van der Waals surface area contributed by atoms with Gasteiger partial charge in [-0.25, -0.2) is 0 Å². The topological polar surface area (TPSA) is 56.0 Å². The number of carbonyl (C=O) groups excluding carboxylic acids is 1. The number of pyridine rings is 1. The van der Waals surface area contributed by atoms with Crippen molar-refractivity contribution in [3.8, 4) is 0 Å². The van der Waals surface area contributed by atoms with Crippen LogP contribution in [0.4, 0.5) is 0 Å². The maximum Gasteiger partial charge on any atom is 0.137 e. The Morgan fingerprint density at radius 3 is 3.00 bits per heavy atom. The van der Waals surface area contributed by atoms with Crippen LogP contribution < -0.4 is 5.73 Å². The van der Waals surface area contributed by atoms with Gasteiger partial charge in [0.15, 0.2) is 0 Å². The zero-order valence-corrected chi connectivity index (χ0v) is 6.10. The first-order valence-corrected chi connectivity index (χ1v) is 3.43. The number of aromatic nitrogens is 1. The Morgan fingerprint density at radius 1 is 1.64 bits per heavy atom. The van der Waals surface area contributed by atoms with Crippen molar-refractivity contribution >= 4 is 6.29 Å². The first-order valence-electron chi connectivity index (χ1n) is 3.43. The molecule has 3 heteroatoms. The molecule has 0 aliphatic heterocycles. The number of hydrogen-bond donors (Lipinski definition) is 1. The van der Waals surface area contributed by atoms with E-state index < -0.39 is 6.04 Å². The van der Waals surface area contributed by atoms with Crippen molar-refractivity contribution in [2.75, 3.05) is 0 Å². The molecule has 0 radical (unpaired) electrons. The fraction of sp³-hybridized carbons (Fsp3) is 0.250. The summed E-state index contributed by atoms with van der Waals surface area (Å²) >= 11 is 0. The molecule has 0 aliphatic rings. The average molecular weight is 150 g/mol. The molecule has 0 saturated carbocycles. The van der Waals surface area contributed by atoms with Crippen LogP contribution in [0.3, 0.4) is 0 Å². The van der Waals surface area contributed by atoms with Gasteiger partial charge in [0, 0.05) is 18.3 Å². The van der Waals surface area contributed by atoms with Crippen LogP contribution in [0.1, 0.15) is 5.69 Å². The lowest BCUT2D eigenvalue weighted by Gasteiger charge is -2.00. The van der Waals surface area contributed by atoms with Crippen molar-refractivity contribution in [1.29, 1.82) is 0 Å². The number of nitrogens with zero attached hydrogens (tertiary/aromatic N) is 1. The highest BCUT2D eigenvalue weighted by Crippen LogP contribution is 1.95. The van der Waals surface area contributed by atoms with Crippen LogP contribution in [0.25, 0.3) is 0 Å². The van der Waals surface area contributed by atoms with E-state index in [2.05, 4.69) is 4.98 Å². The minimum atomic E-state index is -0.426. The van der Waals surface area contributed by atoms with Crippen LogP contribution in [0, 0.1) is 0 Å². The molecule has 0 spiro atoms. The Balaban J connectivity index is 2.57. The molecule has 0 saturated heterocycles. The highest BCUT2D eigenvalue weighted by Gasteiger charge is 2.00. The van der Waals surface area contributed by atoms with Crippen LogP contribution in [0.2, 0.25) is 0 Å². The predicted molar refractivity (Wildman–Crippen MR) is 42.0 cm³/mol. The number of aldehydes is 1. The maximum absolute atomic E-state index is 10.2. The van der Waals surface area contributed by atoms with E-state index in [-0.39, 0.29) is 0 Å². The van der Waals surface area contributed by atoms with Crippen molar-refractivity contribution in [2.45, 2.75) is 12.5 Å². The summed E-state index contributed by atoms with van der Waals surface area (Å²) in [7, 11) is 0. The first-order chi connectivity index (χ1) is 5.33. The Bertz CT molecular complexity index is 223. The monoisotopic (exact) mass is 150 g/mol. The molecule has 0 fully saturated rings. The van der Waals surface area contributed by atoms with Gasteiger partial charge in [-0.2, -0.15) is 0 Å². The van der Waals surface area contributed by atoms with E-state index in [0.29, 0.717) is 6.42 Å². The molecular weight excluding hydrogens is 140 g/mol. The second kappa shape index (κ2) is 3.83. The van der Waals surface area contributed by atoms with Gasteiger partial charge in [-0.1, -0.05) is 6.07 Å². The van der Waals surface area contributed by atoms with E-state index in [0.717, 1.165) is 12.0 Å². The van der Waals surface area contributed by atoms with Crippen molar-refractivity contribution in [3.05, 3.63) is 30.1 Å². The molecule has 58 valence electrons. The van der Waals surface area contributed by atoms with Gasteiger partial charge in [-0.3, -0.25) is 4.98 Å². The zero-order chi connectivity index (χ0) is 8.10. The molecule has 0 aliphatic carbocycles. The van der Waals surface area contributed by atoms with Crippen molar-refractivity contribution in [1.82, 2.24) is 4.98 Å². The summed E-state index contributed by atoms with van der Waals surface area (Å²) < 4.78 is 0. The summed E-state index contributed by atoms with van der Waals surface area (Å²) in [5.41, 5.74) is 6.25. The lowest BCUT2D eigenvalue weighted by molar-refractivity contribution is -0.108. The third-order valence-electron chi connectivity index (χ3n) is 1.35. The second-order valence-electron chi connectivity index (χ2n) is 2.33. The molecule has 0 aromatic carbocycles. The smallest absolute Gasteiger partial charge is 0.137 e. The SMILES string of the molecule is N[C@@H](C=O)Cc1ccccn1. The summed E-state index contributed by atoms with van der Waals surface area (Å²) in [6.07, 6.45) is 2.94. The summed E-state index contributed by atoms with van der Waals surface area (Å²) in [5.74, 6) is 0. The third kappa shape index (κ3) is 2.47. The molecule has 11 heavy (non-hydrogen) atoms. The molecule has 0 unspecified atom stereocenters. The van der Waals surface area contributed by atoms with Crippen molar-refractivity contribution < 1.29 is 4.79 Å². The molecule has 1 aromatic rings. The highest BCUT2D eigenvalue weighted by atomic mass is 16.1. The molecule has 2 N–H and O–H groups in total. The number of carbonyl (C=O) groups is 1. The van der Waals surface area contributed by atoms with E-state index in [4.69, 9.17) is 5.73 Å². The fourth-order valence-electron chi connectivity index (χ4n) is 0.808. The van der Waals surface area contributed by atoms with Crippen LogP contribution in [-0.4, -0.2) is 17.3 Å². The molecule has 3 nitrogen and oxygen atoms in total. The lowest BCUT2D eigenvalue weighted by atomic mass is 10.2. The number of hydrogen-bond acceptors (Lipinski definition) is 3. The summed E-state index contributed by atoms with van der Waals surface area (Å²) in [4.78, 5) is 14.2. The van der Waals surface area contributed by atoms with Gasteiger partial charge < -0.3 is 10.5 Å². The molecule has 1 heterocycles. The predicted octanol–water partition coefficient (Wildman–Crippen LogP) is 0.150. The molecule has 0 bridgehead atoms. The van der Waals surface area contributed by atoms with E-state index in [9.17, 15) is 4.79 Å². The third-order valence-corrected chi connectivity index (χ3v) is 1.35. The molecule has 1 rings (SSSR count). The standard InChI is InChI=1S/C8H10N2O/c9-7(6-11)5-8-3-1-2-4-10-8/h1-4,6-7H,5,9H2/t7-/m1/s1. The van der Waals surface area contributed by atoms with E-state index in [1.54, 1.807) is 6.20 Å². The summed E-state index contributed by atoms with van der Waals surface area (Å²) in [6.45, 7) is 0. The molecule has 1 atom stereocenters. The van der Waals surface area contributed by atoms with Gasteiger partial charge >= 0.3 is 0 Å². The zero-order valence-electron chi connectivity index (χ0n) is 6.10. The Labute approximate surface area is 65.2 Å². The number of rotatable bonds is 3. The lowest BCUT2D eigenvalue weighted by Crippen LogP contribution is -2.24. The van der Waals surface area contributed by atoms with Crippen LogP contribution in [0.15, 0.2) is 24.4 Å². The second-order valence-corrected chi connectivity index (χ2v) is 2.33. The molecular formula is C8H10N2O. The first kappa shape index (κ1) is 7.88. The van der Waals surface area contributed by atoms with Gasteiger partial charge in [0.05, 0.1) is 6.04 Å². The normalized spacial score (nSPS) is 12.5. The van der Waals surface area contributed by atoms with Crippen molar-refractivity contribution in [3.63, 3.8) is 0 Å². The van der Waals surface area contributed by atoms with Crippen LogP contribution in [-0.2, 0) is 11.2 Å². The van der Waals surface area contributed by atoms with Gasteiger partial charge in [0.2, 0.25) is 0 Å². The van der Waals surface area contributed by atoms with Gasteiger partial charge in [0.25, 0.3) is 0 Å². The van der Waals surface area contributed by atoms with Gasteiger partial charge in [0.1, 0.15) is 6.29 Å². The summed E-state index contributed by atoms with van der Waals surface area (Å²) in [5, 5.41) is 0.